The van der Waals surface area contributed by atoms with Gasteiger partial charge in [-0.3, -0.25) is 9.69 Å². The number of anilines is 2. The van der Waals surface area contributed by atoms with Crippen molar-refractivity contribution >= 4 is 17.3 Å². The van der Waals surface area contributed by atoms with Gasteiger partial charge in [0.15, 0.2) is 0 Å². The molecule has 2 nitrogen and oxygen atoms in total. The minimum absolute atomic E-state index is 0.0117. The summed E-state index contributed by atoms with van der Waals surface area (Å²) in [5.74, 6) is -0.0117. The maximum Gasteiger partial charge on any atom is 0.231 e. The van der Waals surface area contributed by atoms with Crippen molar-refractivity contribution in [3.05, 3.63) is 67.6 Å². The predicted molar refractivity (Wildman–Crippen MR) is 70.0 cm³/mol. The fraction of sp³-hybridized carbons (Fsp3) is 0.0667. The third-order valence-corrected chi connectivity index (χ3v) is 2.49. The van der Waals surface area contributed by atoms with Crippen LogP contribution in [0.3, 0.4) is 0 Å². The molecule has 0 heterocycles. The molecule has 2 rings (SSSR count). The lowest BCUT2D eigenvalue weighted by Gasteiger charge is -2.22. The van der Waals surface area contributed by atoms with E-state index < -0.39 is 0 Å². The summed E-state index contributed by atoms with van der Waals surface area (Å²) in [5.41, 5.74) is 1.74. The van der Waals surface area contributed by atoms with Crippen LogP contribution in [0, 0.1) is 6.92 Å². The highest BCUT2D eigenvalue weighted by Gasteiger charge is 2.15. The van der Waals surface area contributed by atoms with Gasteiger partial charge in [-0.1, -0.05) is 36.4 Å². The second-order valence-corrected chi connectivity index (χ2v) is 3.65. The van der Waals surface area contributed by atoms with Crippen LogP contribution in [0.4, 0.5) is 11.4 Å². The van der Waals surface area contributed by atoms with E-state index in [2.05, 4.69) is 6.92 Å². The molecule has 0 saturated heterocycles. The summed E-state index contributed by atoms with van der Waals surface area (Å²) in [4.78, 5) is 13.7. The van der Waals surface area contributed by atoms with Crippen molar-refractivity contribution < 1.29 is 4.79 Å². The Labute approximate surface area is 102 Å². The SMILES string of the molecule is [CH2]CC(=O)N(c1ccccc1)c1ccccc1. The fourth-order valence-corrected chi connectivity index (χ4v) is 1.70. The zero-order chi connectivity index (χ0) is 12.1. The Balaban J connectivity index is 2.43. The van der Waals surface area contributed by atoms with Gasteiger partial charge in [-0.15, -0.1) is 0 Å². The van der Waals surface area contributed by atoms with E-state index in [1.54, 1.807) is 4.90 Å². The highest BCUT2D eigenvalue weighted by molar-refractivity contribution is 6.00. The maximum atomic E-state index is 12.0. The molecule has 2 aromatic rings. The molecule has 2 heteroatoms. The molecule has 85 valence electrons. The molecule has 1 amide bonds. The standard InChI is InChI=1S/C15H14NO/c1-2-15(17)16(13-9-5-3-6-10-13)14-11-7-4-8-12-14/h3-12H,1-2H2. The molecule has 0 bridgehead atoms. The summed E-state index contributed by atoms with van der Waals surface area (Å²) < 4.78 is 0. The Bertz CT molecular complexity index is 439. The van der Waals surface area contributed by atoms with Gasteiger partial charge >= 0.3 is 0 Å². The summed E-state index contributed by atoms with van der Waals surface area (Å²) in [7, 11) is 0. The van der Waals surface area contributed by atoms with Gasteiger partial charge in [-0.25, -0.2) is 0 Å². The quantitative estimate of drug-likeness (QED) is 0.780. The number of carbonyl (C=O) groups is 1. The molecule has 0 saturated carbocycles. The average molecular weight is 224 g/mol. The van der Waals surface area contributed by atoms with Crippen LogP contribution in [0.2, 0.25) is 0 Å². The van der Waals surface area contributed by atoms with Gasteiger partial charge in [-0.2, -0.15) is 0 Å². The number of benzene rings is 2. The molecular formula is C15H14NO. The van der Waals surface area contributed by atoms with Crippen LogP contribution >= 0.6 is 0 Å². The van der Waals surface area contributed by atoms with Crippen molar-refractivity contribution in [2.75, 3.05) is 4.90 Å². The van der Waals surface area contributed by atoms with Crippen LogP contribution in [0.5, 0.6) is 0 Å². The number of hydrogen-bond donors (Lipinski definition) is 0. The second kappa shape index (κ2) is 5.30. The summed E-state index contributed by atoms with van der Waals surface area (Å²) in [6.07, 6.45) is 0.240. The lowest BCUT2D eigenvalue weighted by Crippen LogP contribution is -2.24. The number of carbonyl (C=O) groups excluding carboxylic acids is 1. The first-order valence-corrected chi connectivity index (χ1v) is 5.55. The Kier molecular flexibility index (Phi) is 3.55. The van der Waals surface area contributed by atoms with Crippen LogP contribution < -0.4 is 4.90 Å². The molecule has 0 aliphatic rings. The molecule has 17 heavy (non-hydrogen) atoms. The normalized spacial score (nSPS) is 9.94. The van der Waals surface area contributed by atoms with E-state index >= 15 is 0 Å². The van der Waals surface area contributed by atoms with Crippen LogP contribution in [0.25, 0.3) is 0 Å². The van der Waals surface area contributed by atoms with Gasteiger partial charge in [-0.05, 0) is 31.2 Å². The Morgan fingerprint density at radius 3 is 1.65 bits per heavy atom. The molecule has 0 aliphatic carbocycles. The van der Waals surface area contributed by atoms with Crippen molar-refractivity contribution in [2.45, 2.75) is 6.42 Å². The summed E-state index contributed by atoms with van der Waals surface area (Å²) >= 11 is 0. The number of rotatable bonds is 3. The Hall–Kier alpha value is -2.09. The molecule has 0 N–H and O–H groups in total. The van der Waals surface area contributed by atoms with Gasteiger partial charge in [0, 0.05) is 17.8 Å². The van der Waals surface area contributed by atoms with E-state index in [0.717, 1.165) is 11.4 Å². The average Bonchev–Trinajstić information content (AvgIpc) is 2.41. The molecular weight excluding hydrogens is 210 g/mol. The second-order valence-electron chi connectivity index (χ2n) is 3.65. The van der Waals surface area contributed by atoms with Gasteiger partial charge in [0.05, 0.1) is 0 Å². The largest absolute Gasteiger partial charge is 0.281 e. The lowest BCUT2D eigenvalue weighted by atomic mass is 10.2. The number of hydrogen-bond acceptors (Lipinski definition) is 1. The van der Waals surface area contributed by atoms with Crippen molar-refractivity contribution in [1.82, 2.24) is 0 Å². The van der Waals surface area contributed by atoms with Crippen LogP contribution in [-0.4, -0.2) is 5.91 Å². The topological polar surface area (TPSA) is 20.3 Å². The first-order chi connectivity index (χ1) is 8.33. The number of nitrogens with zero attached hydrogens (tertiary/aromatic N) is 1. The third kappa shape index (κ3) is 2.53. The van der Waals surface area contributed by atoms with Gasteiger partial charge in [0.1, 0.15) is 0 Å². The molecule has 1 radical (unpaired) electrons. The fourth-order valence-electron chi connectivity index (χ4n) is 1.70. The summed E-state index contributed by atoms with van der Waals surface area (Å²) in [5, 5.41) is 0. The minimum atomic E-state index is -0.0117. The van der Waals surface area contributed by atoms with E-state index in [1.807, 2.05) is 60.7 Å². The molecule has 0 spiro atoms. The smallest absolute Gasteiger partial charge is 0.231 e. The number of amides is 1. The Morgan fingerprint density at radius 2 is 1.29 bits per heavy atom. The van der Waals surface area contributed by atoms with Crippen LogP contribution in [0.15, 0.2) is 60.7 Å². The van der Waals surface area contributed by atoms with E-state index in [4.69, 9.17) is 0 Å². The molecule has 0 fully saturated rings. The van der Waals surface area contributed by atoms with Gasteiger partial charge < -0.3 is 0 Å². The lowest BCUT2D eigenvalue weighted by molar-refractivity contribution is -0.117. The first kappa shape index (κ1) is 11.4. The zero-order valence-electron chi connectivity index (χ0n) is 9.54. The van der Waals surface area contributed by atoms with Crippen molar-refractivity contribution in [3.63, 3.8) is 0 Å². The summed E-state index contributed by atoms with van der Waals surface area (Å²) in [6, 6.07) is 19.2. The monoisotopic (exact) mass is 224 g/mol. The van der Waals surface area contributed by atoms with E-state index in [-0.39, 0.29) is 12.3 Å². The van der Waals surface area contributed by atoms with Gasteiger partial charge in [0.25, 0.3) is 0 Å². The molecule has 0 atom stereocenters. The molecule has 0 unspecified atom stereocenters. The van der Waals surface area contributed by atoms with Crippen LogP contribution in [-0.2, 0) is 4.79 Å². The number of para-hydroxylation sites is 2. The third-order valence-electron chi connectivity index (χ3n) is 2.49. The summed E-state index contributed by atoms with van der Waals surface area (Å²) in [6.45, 7) is 3.67. The first-order valence-electron chi connectivity index (χ1n) is 5.55. The van der Waals surface area contributed by atoms with E-state index in [9.17, 15) is 4.79 Å². The van der Waals surface area contributed by atoms with Gasteiger partial charge in [0.2, 0.25) is 5.91 Å². The van der Waals surface area contributed by atoms with Crippen LogP contribution in [0.1, 0.15) is 6.42 Å². The van der Waals surface area contributed by atoms with Crippen molar-refractivity contribution in [1.29, 1.82) is 0 Å². The predicted octanol–water partition coefficient (Wildman–Crippen LogP) is 3.58. The maximum absolute atomic E-state index is 12.0. The minimum Gasteiger partial charge on any atom is -0.281 e. The molecule has 0 aromatic heterocycles. The molecule has 0 aliphatic heterocycles. The highest BCUT2D eigenvalue weighted by Crippen LogP contribution is 2.25. The molecule has 2 aromatic carbocycles. The van der Waals surface area contributed by atoms with Crippen molar-refractivity contribution in [3.8, 4) is 0 Å². The van der Waals surface area contributed by atoms with E-state index in [0.29, 0.717) is 0 Å². The highest BCUT2D eigenvalue weighted by atomic mass is 16.2. The zero-order valence-corrected chi connectivity index (χ0v) is 9.54. The van der Waals surface area contributed by atoms with Crippen molar-refractivity contribution in [2.24, 2.45) is 0 Å². The Morgan fingerprint density at radius 1 is 0.882 bits per heavy atom. The van der Waals surface area contributed by atoms with E-state index in [1.165, 1.54) is 0 Å².